The molecule has 0 saturated carbocycles. The number of rotatable bonds is 2. The quantitative estimate of drug-likeness (QED) is 0.715. The van der Waals surface area contributed by atoms with Gasteiger partial charge in [-0.15, -0.1) is 0 Å². The minimum Gasteiger partial charge on any atom is -0.365 e. The maximum Gasteiger partial charge on any atom is 0.0191 e. The molecule has 0 aliphatic heterocycles. The molecular weight excluding hydrogens is 158 g/mol. The molecule has 0 atom stereocenters. The van der Waals surface area contributed by atoms with Gasteiger partial charge in [0.2, 0.25) is 0 Å². The van der Waals surface area contributed by atoms with E-state index in [0.717, 1.165) is 6.42 Å². The fraction of sp³-hybridized carbons (Fsp3) is 0.167. The van der Waals surface area contributed by atoms with Gasteiger partial charge >= 0.3 is 0 Å². The van der Waals surface area contributed by atoms with Gasteiger partial charge in [-0.05, 0) is 30.2 Å². The van der Waals surface area contributed by atoms with Crippen molar-refractivity contribution in [2.45, 2.75) is 13.3 Å². The molecule has 1 heteroatoms. The van der Waals surface area contributed by atoms with E-state index in [1.807, 2.05) is 12.3 Å². The summed E-state index contributed by atoms with van der Waals surface area (Å²) >= 11 is 0. The van der Waals surface area contributed by atoms with E-state index in [1.165, 1.54) is 16.8 Å². The van der Waals surface area contributed by atoms with Crippen molar-refractivity contribution < 1.29 is 0 Å². The van der Waals surface area contributed by atoms with Crippen molar-refractivity contribution in [3.63, 3.8) is 0 Å². The standard InChI is InChI=1S/C12H13N/c1-10-5-2-3-6-11(10)9-12-7-4-8-13-12/h2-8,13H,9H2,1H3. The van der Waals surface area contributed by atoms with Gasteiger partial charge in [-0.3, -0.25) is 0 Å². The van der Waals surface area contributed by atoms with Crippen molar-refractivity contribution in [3.8, 4) is 0 Å². The average Bonchev–Trinajstić information content (AvgIpc) is 2.61. The van der Waals surface area contributed by atoms with E-state index in [0.29, 0.717) is 0 Å². The second-order valence-corrected chi connectivity index (χ2v) is 3.30. The molecule has 0 amide bonds. The molecule has 66 valence electrons. The van der Waals surface area contributed by atoms with Crippen molar-refractivity contribution >= 4 is 0 Å². The molecular formula is C12H13N. The zero-order chi connectivity index (χ0) is 9.10. The molecule has 2 rings (SSSR count). The zero-order valence-electron chi connectivity index (χ0n) is 7.75. The lowest BCUT2D eigenvalue weighted by Gasteiger charge is -2.02. The minimum absolute atomic E-state index is 1.000. The van der Waals surface area contributed by atoms with E-state index in [1.54, 1.807) is 0 Å². The van der Waals surface area contributed by atoms with E-state index >= 15 is 0 Å². The third-order valence-electron chi connectivity index (χ3n) is 2.30. The highest BCUT2D eigenvalue weighted by Gasteiger charge is 1.98. The molecule has 0 spiro atoms. The summed E-state index contributed by atoms with van der Waals surface area (Å²) in [6.07, 6.45) is 2.97. The van der Waals surface area contributed by atoms with Crippen LogP contribution in [0.15, 0.2) is 42.6 Å². The molecule has 0 bridgehead atoms. The van der Waals surface area contributed by atoms with Crippen molar-refractivity contribution in [1.82, 2.24) is 4.98 Å². The fourth-order valence-corrected chi connectivity index (χ4v) is 1.49. The second kappa shape index (κ2) is 3.48. The molecule has 1 nitrogen and oxygen atoms in total. The van der Waals surface area contributed by atoms with Crippen molar-refractivity contribution in [3.05, 3.63) is 59.4 Å². The zero-order valence-corrected chi connectivity index (χ0v) is 7.75. The third-order valence-corrected chi connectivity index (χ3v) is 2.30. The molecule has 1 heterocycles. The predicted octanol–water partition coefficient (Wildman–Crippen LogP) is 2.91. The Hall–Kier alpha value is -1.50. The molecule has 1 aromatic carbocycles. The number of H-pyrrole nitrogens is 1. The first kappa shape index (κ1) is 8.11. The van der Waals surface area contributed by atoms with Gasteiger partial charge in [0.05, 0.1) is 0 Å². The van der Waals surface area contributed by atoms with E-state index in [2.05, 4.69) is 42.2 Å². The summed E-state index contributed by atoms with van der Waals surface area (Å²) in [6.45, 7) is 2.15. The van der Waals surface area contributed by atoms with Crippen LogP contribution in [0.5, 0.6) is 0 Å². The first-order chi connectivity index (χ1) is 6.36. The van der Waals surface area contributed by atoms with Gasteiger partial charge in [0, 0.05) is 18.3 Å². The average molecular weight is 171 g/mol. The molecule has 0 saturated heterocycles. The normalized spacial score (nSPS) is 10.2. The Morgan fingerprint density at radius 2 is 1.92 bits per heavy atom. The van der Waals surface area contributed by atoms with Crippen LogP contribution in [0, 0.1) is 6.92 Å². The largest absolute Gasteiger partial charge is 0.365 e. The highest BCUT2D eigenvalue weighted by Crippen LogP contribution is 2.11. The molecule has 0 unspecified atom stereocenters. The van der Waals surface area contributed by atoms with Crippen molar-refractivity contribution in [1.29, 1.82) is 0 Å². The Morgan fingerprint density at radius 3 is 2.62 bits per heavy atom. The molecule has 1 aromatic heterocycles. The number of aromatic nitrogens is 1. The first-order valence-electron chi connectivity index (χ1n) is 4.53. The maximum atomic E-state index is 3.21. The topological polar surface area (TPSA) is 15.8 Å². The van der Waals surface area contributed by atoms with E-state index in [4.69, 9.17) is 0 Å². The number of benzene rings is 1. The summed E-state index contributed by atoms with van der Waals surface area (Å²) in [6, 6.07) is 12.6. The monoisotopic (exact) mass is 171 g/mol. The van der Waals surface area contributed by atoms with E-state index in [9.17, 15) is 0 Å². The maximum absolute atomic E-state index is 3.21. The number of aromatic amines is 1. The molecule has 0 aliphatic rings. The summed E-state index contributed by atoms with van der Waals surface area (Å²) in [5.41, 5.74) is 4.02. The van der Waals surface area contributed by atoms with Crippen LogP contribution < -0.4 is 0 Å². The van der Waals surface area contributed by atoms with Gasteiger partial charge in [-0.2, -0.15) is 0 Å². The molecule has 0 aliphatic carbocycles. The predicted molar refractivity (Wildman–Crippen MR) is 54.8 cm³/mol. The Morgan fingerprint density at radius 1 is 1.08 bits per heavy atom. The van der Waals surface area contributed by atoms with Gasteiger partial charge in [-0.1, -0.05) is 24.3 Å². The van der Waals surface area contributed by atoms with Crippen LogP contribution >= 0.6 is 0 Å². The lowest BCUT2D eigenvalue weighted by atomic mass is 10.0. The van der Waals surface area contributed by atoms with Gasteiger partial charge in [0.15, 0.2) is 0 Å². The van der Waals surface area contributed by atoms with Crippen LogP contribution in [0.25, 0.3) is 0 Å². The number of nitrogens with one attached hydrogen (secondary N) is 1. The highest BCUT2D eigenvalue weighted by molar-refractivity contribution is 5.29. The SMILES string of the molecule is Cc1ccccc1Cc1ccc[nH]1. The molecule has 0 fully saturated rings. The Kier molecular flexibility index (Phi) is 2.17. The minimum atomic E-state index is 1.000. The summed E-state index contributed by atoms with van der Waals surface area (Å²) in [7, 11) is 0. The second-order valence-electron chi connectivity index (χ2n) is 3.30. The smallest absolute Gasteiger partial charge is 0.0191 e. The molecule has 13 heavy (non-hydrogen) atoms. The summed E-state index contributed by atoms with van der Waals surface area (Å²) < 4.78 is 0. The van der Waals surface area contributed by atoms with Crippen LogP contribution in [-0.4, -0.2) is 4.98 Å². The lowest BCUT2D eigenvalue weighted by Crippen LogP contribution is -1.90. The lowest BCUT2D eigenvalue weighted by molar-refractivity contribution is 1.09. The molecule has 0 radical (unpaired) electrons. The van der Waals surface area contributed by atoms with Gasteiger partial charge in [0.25, 0.3) is 0 Å². The third kappa shape index (κ3) is 1.81. The molecule has 2 aromatic rings. The van der Waals surface area contributed by atoms with E-state index in [-0.39, 0.29) is 0 Å². The Balaban J connectivity index is 2.24. The van der Waals surface area contributed by atoms with Crippen LogP contribution in [0.3, 0.4) is 0 Å². The summed E-state index contributed by atoms with van der Waals surface area (Å²) in [5, 5.41) is 0. The number of aryl methyl sites for hydroxylation is 1. The van der Waals surface area contributed by atoms with Crippen LogP contribution in [0.1, 0.15) is 16.8 Å². The fourth-order valence-electron chi connectivity index (χ4n) is 1.49. The first-order valence-corrected chi connectivity index (χ1v) is 4.53. The van der Waals surface area contributed by atoms with Crippen LogP contribution in [0.2, 0.25) is 0 Å². The highest BCUT2D eigenvalue weighted by atomic mass is 14.7. The van der Waals surface area contributed by atoms with E-state index < -0.39 is 0 Å². The Labute approximate surface area is 78.4 Å². The Bertz CT molecular complexity index is 374. The van der Waals surface area contributed by atoms with Crippen LogP contribution in [0.4, 0.5) is 0 Å². The number of hydrogen-bond acceptors (Lipinski definition) is 0. The molecule has 1 N–H and O–H groups in total. The van der Waals surface area contributed by atoms with Crippen LogP contribution in [-0.2, 0) is 6.42 Å². The van der Waals surface area contributed by atoms with Crippen molar-refractivity contribution in [2.75, 3.05) is 0 Å². The van der Waals surface area contributed by atoms with Crippen molar-refractivity contribution in [2.24, 2.45) is 0 Å². The summed E-state index contributed by atoms with van der Waals surface area (Å²) in [4.78, 5) is 3.21. The summed E-state index contributed by atoms with van der Waals surface area (Å²) in [5.74, 6) is 0. The van der Waals surface area contributed by atoms with Gasteiger partial charge in [0.1, 0.15) is 0 Å². The van der Waals surface area contributed by atoms with Gasteiger partial charge < -0.3 is 4.98 Å². The number of hydrogen-bond donors (Lipinski definition) is 1. The van der Waals surface area contributed by atoms with Gasteiger partial charge in [-0.25, -0.2) is 0 Å².